The predicted molar refractivity (Wildman–Crippen MR) is 92.0 cm³/mol. The van der Waals surface area contributed by atoms with Crippen molar-refractivity contribution in [2.24, 2.45) is 11.3 Å². The molecule has 1 aromatic rings. The van der Waals surface area contributed by atoms with Crippen LogP contribution in [0.1, 0.15) is 31.7 Å². The molecule has 25 heavy (non-hydrogen) atoms. The zero-order valence-corrected chi connectivity index (χ0v) is 14.7. The fourth-order valence-corrected chi connectivity index (χ4v) is 3.72. The average molecular weight is 342 g/mol. The van der Waals surface area contributed by atoms with Gasteiger partial charge in [-0.1, -0.05) is 30.3 Å². The van der Waals surface area contributed by atoms with Crippen molar-refractivity contribution in [2.45, 2.75) is 26.2 Å². The van der Waals surface area contributed by atoms with E-state index in [1.807, 2.05) is 37.3 Å². The van der Waals surface area contributed by atoms with Crippen molar-refractivity contribution in [1.29, 1.82) is 0 Å². The van der Waals surface area contributed by atoms with Crippen LogP contribution in [0.2, 0.25) is 0 Å². The molecule has 5 heteroatoms. The van der Waals surface area contributed by atoms with Crippen LogP contribution >= 0.6 is 0 Å². The number of hydrogen-bond donors (Lipinski definition) is 0. The molecule has 1 aromatic carbocycles. The first-order valence-corrected chi connectivity index (χ1v) is 8.33. The fourth-order valence-electron chi connectivity index (χ4n) is 3.72. The lowest BCUT2D eigenvalue weighted by molar-refractivity contribution is -0.171. The molecule has 132 valence electrons. The van der Waals surface area contributed by atoms with Crippen LogP contribution in [0.4, 0.5) is 0 Å². The van der Waals surface area contributed by atoms with Gasteiger partial charge in [-0.25, -0.2) is 0 Å². The SMILES string of the molecule is COC(=O)C1(C(=O)OC)CCC2C=C(c3ccccc3)OC(C)=C2C1. The highest BCUT2D eigenvalue weighted by atomic mass is 16.5. The Kier molecular flexibility index (Phi) is 4.66. The van der Waals surface area contributed by atoms with Crippen LogP contribution in [0.3, 0.4) is 0 Å². The summed E-state index contributed by atoms with van der Waals surface area (Å²) >= 11 is 0. The molecule has 0 N–H and O–H groups in total. The van der Waals surface area contributed by atoms with Crippen molar-refractivity contribution in [2.75, 3.05) is 14.2 Å². The molecule has 5 nitrogen and oxygen atoms in total. The normalized spacial score (nSPS) is 21.6. The van der Waals surface area contributed by atoms with Crippen LogP contribution in [-0.4, -0.2) is 26.2 Å². The first kappa shape index (κ1) is 17.3. The number of allylic oxidation sites excluding steroid dienone is 3. The second-order valence-electron chi connectivity index (χ2n) is 6.47. The molecule has 0 aromatic heterocycles. The van der Waals surface area contributed by atoms with Gasteiger partial charge in [0.15, 0.2) is 5.41 Å². The number of carbonyl (C=O) groups is 2. The zero-order valence-electron chi connectivity index (χ0n) is 14.7. The van der Waals surface area contributed by atoms with Crippen molar-refractivity contribution in [3.05, 3.63) is 53.3 Å². The number of ether oxygens (including phenoxy) is 3. The quantitative estimate of drug-likeness (QED) is 0.622. The van der Waals surface area contributed by atoms with Crippen LogP contribution in [-0.2, 0) is 23.8 Å². The standard InChI is InChI=1S/C20H22O5/c1-13-16-12-20(18(21)23-2,19(22)24-3)10-9-15(16)11-17(25-13)14-7-5-4-6-8-14/h4-8,11,15H,9-10,12H2,1-3H3. The highest BCUT2D eigenvalue weighted by molar-refractivity contribution is 6.00. The van der Waals surface area contributed by atoms with E-state index in [2.05, 4.69) is 6.08 Å². The molecule has 1 saturated carbocycles. The highest BCUT2D eigenvalue weighted by Gasteiger charge is 2.52. The summed E-state index contributed by atoms with van der Waals surface area (Å²) in [7, 11) is 2.59. The van der Waals surface area contributed by atoms with E-state index in [4.69, 9.17) is 14.2 Å². The maximum absolute atomic E-state index is 12.4. The first-order chi connectivity index (χ1) is 12.0. The van der Waals surface area contributed by atoms with E-state index in [9.17, 15) is 9.59 Å². The molecular formula is C20H22O5. The lowest BCUT2D eigenvalue weighted by atomic mass is 9.67. The van der Waals surface area contributed by atoms with Gasteiger partial charge in [0, 0.05) is 11.5 Å². The zero-order chi connectivity index (χ0) is 18.0. The number of methoxy groups -OCH3 is 2. The van der Waals surface area contributed by atoms with Gasteiger partial charge in [-0.3, -0.25) is 9.59 Å². The Morgan fingerprint density at radius 3 is 2.36 bits per heavy atom. The van der Waals surface area contributed by atoms with Crippen LogP contribution in [0, 0.1) is 11.3 Å². The number of rotatable bonds is 3. The molecule has 0 bridgehead atoms. The van der Waals surface area contributed by atoms with Crippen molar-refractivity contribution >= 4 is 17.7 Å². The number of esters is 2. The topological polar surface area (TPSA) is 61.8 Å². The summed E-state index contributed by atoms with van der Waals surface area (Å²) in [5.41, 5.74) is 0.693. The predicted octanol–water partition coefficient (Wildman–Crippen LogP) is 3.46. The third-order valence-electron chi connectivity index (χ3n) is 5.10. The van der Waals surface area contributed by atoms with Gasteiger partial charge < -0.3 is 14.2 Å². The molecular weight excluding hydrogens is 320 g/mol. The maximum Gasteiger partial charge on any atom is 0.323 e. The lowest BCUT2D eigenvalue weighted by Crippen LogP contribution is -2.45. The second kappa shape index (κ2) is 6.75. The fraction of sp³-hybridized carbons (Fsp3) is 0.400. The average Bonchev–Trinajstić information content (AvgIpc) is 2.67. The van der Waals surface area contributed by atoms with Gasteiger partial charge in [0.2, 0.25) is 0 Å². The molecule has 2 aliphatic rings. The molecule has 0 amide bonds. The van der Waals surface area contributed by atoms with Gasteiger partial charge >= 0.3 is 11.9 Å². The van der Waals surface area contributed by atoms with Crippen LogP contribution in [0.15, 0.2) is 47.7 Å². The molecule has 1 fully saturated rings. The van der Waals surface area contributed by atoms with Crippen molar-refractivity contribution < 1.29 is 23.8 Å². The minimum absolute atomic E-state index is 0.145. The summed E-state index contributed by atoms with van der Waals surface area (Å²) in [6.07, 6.45) is 3.40. The van der Waals surface area contributed by atoms with Crippen LogP contribution in [0.5, 0.6) is 0 Å². The molecule has 1 heterocycles. The Hall–Kier alpha value is -2.56. The Labute approximate surface area is 147 Å². The Morgan fingerprint density at radius 1 is 1.12 bits per heavy atom. The van der Waals surface area contributed by atoms with Gasteiger partial charge in [0.05, 0.1) is 14.2 Å². The first-order valence-electron chi connectivity index (χ1n) is 8.33. The summed E-state index contributed by atoms with van der Waals surface area (Å²) in [6, 6.07) is 9.89. The van der Waals surface area contributed by atoms with E-state index in [1.54, 1.807) is 0 Å². The Bertz CT molecular complexity index is 729. The number of fused-ring (bicyclic) bond motifs is 1. The second-order valence-corrected chi connectivity index (χ2v) is 6.47. The molecule has 1 unspecified atom stereocenters. The van der Waals surface area contributed by atoms with E-state index >= 15 is 0 Å². The third-order valence-corrected chi connectivity index (χ3v) is 5.10. The van der Waals surface area contributed by atoms with Gasteiger partial charge in [-0.05, 0) is 37.8 Å². The number of hydrogen-bond acceptors (Lipinski definition) is 5. The summed E-state index contributed by atoms with van der Waals surface area (Å²) in [5.74, 6) is 0.608. The van der Waals surface area contributed by atoms with Crippen molar-refractivity contribution in [1.82, 2.24) is 0 Å². The smallest absolute Gasteiger partial charge is 0.323 e. The minimum Gasteiger partial charge on any atom is -0.468 e. The lowest BCUT2D eigenvalue weighted by Gasteiger charge is -2.39. The van der Waals surface area contributed by atoms with E-state index in [-0.39, 0.29) is 12.3 Å². The van der Waals surface area contributed by atoms with E-state index < -0.39 is 17.4 Å². The van der Waals surface area contributed by atoms with Crippen LogP contribution in [0.25, 0.3) is 5.76 Å². The Balaban J connectivity index is 1.92. The van der Waals surface area contributed by atoms with Crippen molar-refractivity contribution in [3.63, 3.8) is 0 Å². The Morgan fingerprint density at radius 2 is 1.76 bits per heavy atom. The van der Waals surface area contributed by atoms with Gasteiger partial charge in [-0.2, -0.15) is 0 Å². The summed E-state index contributed by atoms with van der Waals surface area (Å²) < 4.78 is 15.8. The van der Waals surface area contributed by atoms with Gasteiger partial charge in [-0.15, -0.1) is 0 Å². The minimum atomic E-state index is -1.28. The largest absolute Gasteiger partial charge is 0.468 e. The monoisotopic (exact) mass is 342 g/mol. The third kappa shape index (κ3) is 2.95. The molecule has 0 saturated heterocycles. The number of benzene rings is 1. The summed E-state index contributed by atoms with van der Waals surface area (Å²) in [6.45, 7) is 1.88. The van der Waals surface area contributed by atoms with Crippen molar-refractivity contribution in [3.8, 4) is 0 Å². The highest BCUT2D eigenvalue weighted by Crippen LogP contribution is 2.48. The molecule has 1 atom stereocenters. The summed E-state index contributed by atoms with van der Waals surface area (Å²) in [5, 5.41) is 0. The van der Waals surface area contributed by atoms with E-state index in [0.717, 1.165) is 22.7 Å². The molecule has 0 spiro atoms. The van der Waals surface area contributed by atoms with Gasteiger partial charge in [0.25, 0.3) is 0 Å². The van der Waals surface area contributed by atoms with Crippen LogP contribution < -0.4 is 0 Å². The van der Waals surface area contributed by atoms with E-state index in [1.165, 1.54) is 14.2 Å². The molecule has 3 rings (SSSR count). The molecule has 1 aliphatic carbocycles. The van der Waals surface area contributed by atoms with E-state index in [0.29, 0.717) is 12.8 Å². The van der Waals surface area contributed by atoms with Gasteiger partial charge in [0.1, 0.15) is 11.5 Å². The number of carbonyl (C=O) groups excluding carboxylic acids is 2. The molecule has 0 radical (unpaired) electrons. The maximum atomic E-state index is 12.4. The summed E-state index contributed by atoms with van der Waals surface area (Å²) in [4.78, 5) is 24.7. The molecule has 1 aliphatic heterocycles.